The van der Waals surface area contributed by atoms with Crippen LogP contribution in [0.1, 0.15) is 10.4 Å². The predicted molar refractivity (Wildman–Crippen MR) is 51.6 cm³/mol. The molecule has 0 aliphatic carbocycles. The van der Waals surface area contributed by atoms with Crippen molar-refractivity contribution in [2.24, 2.45) is 0 Å². The molecule has 0 spiro atoms. The summed E-state index contributed by atoms with van der Waals surface area (Å²) in [7, 11) is 0. The van der Waals surface area contributed by atoms with Crippen molar-refractivity contribution in [2.45, 2.75) is 0 Å². The number of nitrogens with one attached hydrogen (secondary N) is 1. The van der Waals surface area contributed by atoms with Crippen molar-refractivity contribution >= 4 is 17.2 Å². The zero-order valence-corrected chi connectivity index (χ0v) is 7.15. The molecule has 1 heterocycles. The number of carbonyl (C=O) groups excluding carboxylic acids is 1. The van der Waals surface area contributed by atoms with Gasteiger partial charge in [-0.25, -0.2) is 0 Å². The number of benzene rings is 1. The highest BCUT2D eigenvalue weighted by molar-refractivity contribution is 5.99. The van der Waals surface area contributed by atoms with E-state index in [0.29, 0.717) is 17.2 Å². The van der Waals surface area contributed by atoms with Crippen LogP contribution in [0, 0.1) is 0 Å². The predicted octanol–water partition coefficient (Wildman–Crippen LogP) is 1.05. The van der Waals surface area contributed by atoms with Gasteiger partial charge in [0, 0.05) is 17.0 Å². The molecule has 0 atom stereocenters. The Balaban J connectivity index is 2.95. The highest BCUT2D eigenvalue weighted by Crippen LogP contribution is 2.22. The molecule has 0 aliphatic rings. The third-order valence-electron chi connectivity index (χ3n) is 2.04. The van der Waals surface area contributed by atoms with Crippen molar-refractivity contribution in [3.05, 3.63) is 40.2 Å². The summed E-state index contributed by atoms with van der Waals surface area (Å²) >= 11 is 0. The molecule has 1 aromatic heterocycles. The quantitative estimate of drug-likeness (QED) is 0.658. The van der Waals surface area contributed by atoms with E-state index in [1.807, 2.05) is 0 Å². The lowest BCUT2D eigenvalue weighted by Gasteiger charge is -2.01. The number of aromatic amines is 1. The highest BCUT2D eigenvalue weighted by atomic mass is 16.3. The minimum Gasteiger partial charge on any atom is -0.507 e. The molecular formula is C10H7NO3. The minimum absolute atomic E-state index is 0.0838. The normalized spacial score (nSPS) is 10.3. The highest BCUT2D eigenvalue weighted by Gasteiger charge is 2.05. The van der Waals surface area contributed by atoms with Gasteiger partial charge in [-0.3, -0.25) is 9.59 Å². The second-order valence-electron chi connectivity index (χ2n) is 2.90. The molecule has 0 saturated carbocycles. The lowest BCUT2D eigenvalue weighted by atomic mass is 10.1. The van der Waals surface area contributed by atoms with Crippen molar-refractivity contribution in [3.8, 4) is 5.75 Å². The maximum absolute atomic E-state index is 11.0. The standard InChI is InChI=1S/C10H7NO3/c12-5-7-6-1-4-10(14)11-8(6)2-3-9(7)13/h1-5,13H,(H,11,14). The molecule has 0 radical (unpaired) electrons. The van der Waals surface area contributed by atoms with Gasteiger partial charge in [0.05, 0.1) is 5.56 Å². The number of phenolic OH excluding ortho intramolecular Hbond substituents is 1. The Bertz CT molecular complexity index is 557. The molecule has 0 aliphatic heterocycles. The third kappa shape index (κ3) is 1.17. The molecule has 0 saturated heterocycles. The molecule has 2 aromatic rings. The maximum atomic E-state index is 11.0. The molecule has 0 fully saturated rings. The topological polar surface area (TPSA) is 70.2 Å². The van der Waals surface area contributed by atoms with E-state index in [4.69, 9.17) is 0 Å². The molecular weight excluding hydrogens is 182 g/mol. The Morgan fingerprint density at radius 1 is 1.21 bits per heavy atom. The van der Waals surface area contributed by atoms with Gasteiger partial charge >= 0.3 is 0 Å². The first-order valence-corrected chi connectivity index (χ1v) is 4.02. The number of pyridine rings is 1. The number of aromatic nitrogens is 1. The Kier molecular flexibility index (Phi) is 1.81. The van der Waals surface area contributed by atoms with Gasteiger partial charge in [-0.05, 0) is 18.2 Å². The van der Waals surface area contributed by atoms with E-state index in [1.54, 1.807) is 6.07 Å². The van der Waals surface area contributed by atoms with Crippen molar-refractivity contribution in [3.63, 3.8) is 0 Å². The van der Waals surface area contributed by atoms with Crippen LogP contribution in [0.5, 0.6) is 5.75 Å². The Labute approximate surface area is 78.8 Å². The fraction of sp³-hybridized carbons (Fsp3) is 0. The first-order valence-electron chi connectivity index (χ1n) is 4.02. The molecule has 2 rings (SSSR count). The van der Waals surface area contributed by atoms with Gasteiger partial charge in [0.1, 0.15) is 5.75 Å². The number of aromatic hydroxyl groups is 1. The maximum Gasteiger partial charge on any atom is 0.248 e. The van der Waals surface area contributed by atoms with Crippen LogP contribution in [-0.4, -0.2) is 16.4 Å². The molecule has 0 unspecified atom stereocenters. The summed E-state index contributed by atoms with van der Waals surface area (Å²) in [5, 5.41) is 9.90. The summed E-state index contributed by atoms with van der Waals surface area (Å²) < 4.78 is 0. The van der Waals surface area contributed by atoms with Crippen molar-refractivity contribution in [1.82, 2.24) is 4.98 Å². The number of carbonyl (C=O) groups is 1. The van der Waals surface area contributed by atoms with Gasteiger partial charge in [0.15, 0.2) is 6.29 Å². The molecule has 70 valence electrons. The van der Waals surface area contributed by atoms with Gasteiger partial charge < -0.3 is 10.1 Å². The van der Waals surface area contributed by atoms with Crippen LogP contribution in [0.15, 0.2) is 29.1 Å². The largest absolute Gasteiger partial charge is 0.507 e. The summed E-state index contributed by atoms with van der Waals surface area (Å²) in [5.41, 5.74) is 0.496. The van der Waals surface area contributed by atoms with Crippen LogP contribution in [0.3, 0.4) is 0 Å². The second-order valence-corrected chi connectivity index (χ2v) is 2.90. The van der Waals surface area contributed by atoms with E-state index in [0.717, 1.165) is 0 Å². The van der Waals surface area contributed by atoms with Crippen molar-refractivity contribution in [1.29, 1.82) is 0 Å². The van der Waals surface area contributed by atoms with Crippen LogP contribution >= 0.6 is 0 Å². The number of rotatable bonds is 1. The van der Waals surface area contributed by atoms with E-state index in [2.05, 4.69) is 4.98 Å². The Morgan fingerprint density at radius 2 is 2.00 bits per heavy atom. The van der Waals surface area contributed by atoms with Crippen LogP contribution in [-0.2, 0) is 0 Å². The van der Waals surface area contributed by atoms with E-state index < -0.39 is 0 Å². The number of aldehydes is 1. The van der Waals surface area contributed by atoms with Gasteiger partial charge in [-0.2, -0.15) is 0 Å². The van der Waals surface area contributed by atoms with E-state index in [1.165, 1.54) is 18.2 Å². The second kappa shape index (κ2) is 2.99. The number of fused-ring (bicyclic) bond motifs is 1. The molecule has 14 heavy (non-hydrogen) atoms. The zero-order chi connectivity index (χ0) is 10.1. The summed E-state index contributed by atoms with van der Waals surface area (Å²) in [6.45, 7) is 0. The lowest BCUT2D eigenvalue weighted by Crippen LogP contribution is -2.03. The van der Waals surface area contributed by atoms with Crippen LogP contribution in [0.4, 0.5) is 0 Å². The molecule has 4 heteroatoms. The van der Waals surface area contributed by atoms with Crippen LogP contribution in [0.2, 0.25) is 0 Å². The minimum atomic E-state index is -0.236. The lowest BCUT2D eigenvalue weighted by molar-refractivity contribution is 0.112. The number of H-pyrrole nitrogens is 1. The summed E-state index contributed by atoms with van der Waals surface area (Å²) in [4.78, 5) is 24.2. The molecule has 4 nitrogen and oxygen atoms in total. The number of hydrogen-bond acceptors (Lipinski definition) is 3. The fourth-order valence-corrected chi connectivity index (χ4v) is 1.37. The van der Waals surface area contributed by atoms with Crippen molar-refractivity contribution in [2.75, 3.05) is 0 Å². The number of phenols is 1. The molecule has 1 aromatic carbocycles. The first-order chi connectivity index (χ1) is 6.72. The van der Waals surface area contributed by atoms with E-state index in [9.17, 15) is 14.7 Å². The average molecular weight is 189 g/mol. The van der Waals surface area contributed by atoms with Crippen LogP contribution in [0.25, 0.3) is 10.9 Å². The smallest absolute Gasteiger partial charge is 0.248 e. The molecule has 0 bridgehead atoms. The van der Waals surface area contributed by atoms with Crippen LogP contribution < -0.4 is 5.56 Å². The summed E-state index contributed by atoms with van der Waals surface area (Å²) in [6.07, 6.45) is 0.565. The average Bonchev–Trinajstić information content (AvgIpc) is 2.18. The van der Waals surface area contributed by atoms with E-state index in [-0.39, 0.29) is 16.9 Å². The SMILES string of the molecule is O=Cc1c(O)ccc2[nH]c(=O)ccc12. The third-order valence-corrected chi connectivity index (χ3v) is 2.04. The molecule has 2 N–H and O–H groups in total. The summed E-state index contributed by atoms with van der Waals surface area (Å²) in [5.74, 6) is -0.0838. The van der Waals surface area contributed by atoms with E-state index >= 15 is 0 Å². The van der Waals surface area contributed by atoms with Gasteiger partial charge in [0.25, 0.3) is 0 Å². The Morgan fingerprint density at radius 3 is 2.71 bits per heavy atom. The van der Waals surface area contributed by atoms with Gasteiger partial charge in [0.2, 0.25) is 5.56 Å². The monoisotopic (exact) mass is 189 g/mol. The fourth-order valence-electron chi connectivity index (χ4n) is 1.37. The Hall–Kier alpha value is -2.10. The van der Waals surface area contributed by atoms with Crippen molar-refractivity contribution < 1.29 is 9.90 Å². The number of hydrogen-bond donors (Lipinski definition) is 2. The molecule has 0 amide bonds. The van der Waals surface area contributed by atoms with Gasteiger partial charge in [-0.1, -0.05) is 0 Å². The van der Waals surface area contributed by atoms with Gasteiger partial charge in [-0.15, -0.1) is 0 Å². The first kappa shape index (κ1) is 8.50. The zero-order valence-electron chi connectivity index (χ0n) is 7.15. The summed E-state index contributed by atoms with van der Waals surface area (Å²) in [6, 6.07) is 5.76.